The maximum absolute atomic E-state index is 12.7. The lowest BCUT2D eigenvalue weighted by Gasteiger charge is -2.26. The summed E-state index contributed by atoms with van der Waals surface area (Å²) >= 11 is 0. The van der Waals surface area contributed by atoms with Gasteiger partial charge in [-0.25, -0.2) is 0 Å². The summed E-state index contributed by atoms with van der Waals surface area (Å²) in [5.41, 5.74) is 3.33. The molecule has 0 aromatic heterocycles. The second-order valence-corrected chi connectivity index (χ2v) is 6.82. The summed E-state index contributed by atoms with van der Waals surface area (Å²) in [6.07, 6.45) is 2.02. The molecule has 0 saturated carbocycles. The van der Waals surface area contributed by atoms with Gasteiger partial charge in [-0.2, -0.15) is 0 Å². The maximum Gasteiger partial charge on any atom is 0.261 e. The Morgan fingerprint density at radius 3 is 2.35 bits per heavy atom. The van der Waals surface area contributed by atoms with Crippen LogP contribution in [0.2, 0.25) is 0 Å². The van der Waals surface area contributed by atoms with Crippen molar-refractivity contribution in [3.05, 3.63) is 70.8 Å². The fourth-order valence-electron chi connectivity index (χ4n) is 3.94. The summed E-state index contributed by atoms with van der Waals surface area (Å²) < 4.78 is 0. The molecule has 4 rings (SSSR count). The van der Waals surface area contributed by atoms with Gasteiger partial charge in [0.05, 0.1) is 17.2 Å². The number of hydrogen-bond donors (Lipinski definition) is 0. The van der Waals surface area contributed by atoms with Crippen LogP contribution < -0.4 is 0 Å². The molecule has 26 heavy (non-hydrogen) atoms. The molecule has 0 unspecified atom stereocenters. The normalized spacial score (nSPS) is 18.0. The molecule has 0 radical (unpaired) electrons. The second-order valence-electron chi connectivity index (χ2n) is 6.82. The molecule has 132 valence electrons. The third kappa shape index (κ3) is 2.60. The molecule has 1 atom stereocenters. The number of hydrogen-bond acceptors (Lipinski definition) is 3. The van der Waals surface area contributed by atoms with E-state index in [1.54, 1.807) is 36.2 Å². The minimum atomic E-state index is -0.313. The molecule has 3 amide bonds. The second kappa shape index (κ2) is 6.41. The van der Waals surface area contributed by atoms with Gasteiger partial charge in [0.2, 0.25) is 5.91 Å². The fourth-order valence-corrected chi connectivity index (χ4v) is 3.94. The summed E-state index contributed by atoms with van der Waals surface area (Å²) in [5.74, 6) is -0.678. The highest BCUT2D eigenvalue weighted by Gasteiger charge is 2.36. The lowest BCUT2D eigenvalue weighted by Crippen LogP contribution is -2.36. The van der Waals surface area contributed by atoms with Gasteiger partial charge in [0, 0.05) is 20.0 Å². The summed E-state index contributed by atoms with van der Waals surface area (Å²) in [5, 5.41) is 0. The first-order chi connectivity index (χ1) is 12.6. The summed E-state index contributed by atoms with van der Waals surface area (Å²) in [6, 6.07) is 15.0. The molecule has 1 heterocycles. The summed E-state index contributed by atoms with van der Waals surface area (Å²) in [6.45, 7) is 0.115. The smallest absolute Gasteiger partial charge is 0.261 e. The van der Waals surface area contributed by atoms with Crippen LogP contribution in [-0.2, 0) is 11.2 Å². The number of rotatable bonds is 4. The lowest BCUT2D eigenvalue weighted by atomic mass is 10.1. The van der Waals surface area contributed by atoms with E-state index in [2.05, 4.69) is 12.1 Å². The zero-order chi connectivity index (χ0) is 18.3. The van der Waals surface area contributed by atoms with Crippen LogP contribution >= 0.6 is 0 Å². The Bertz CT molecular complexity index is 871. The van der Waals surface area contributed by atoms with Gasteiger partial charge in [0.1, 0.15) is 0 Å². The van der Waals surface area contributed by atoms with E-state index < -0.39 is 0 Å². The molecular formula is C21H20N2O3. The van der Waals surface area contributed by atoms with Crippen LogP contribution in [-0.4, -0.2) is 41.1 Å². The van der Waals surface area contributed by atoms with Gasteiger partial charge in [-0.15, -0.1) is 0 Å². The molecule has 1 aliphatic carbocycles. The highest BCUT2D eigenvalue weighted by atomic mass is 16.2. The van der Waals surface area contributed by atoms with Crippen LogP contribution in [0.5, 0.6) is 0 Å². The molecule has 0 fully saturated rings. The minimum absolute atomic E-state index is 0.0525. The van der Waals surface area contributed by atoms with Crippen LogP contribution in [0, 0.1) is 0 Å². The Morgan fingerprint density at radius 2 is 1.65 bits per heavy atom. The Morgan fingerprint density at radius 1 is 1.04 bits per heavy atom. The van der Waals surface area contributed by atoms with Crippen molar-refractivity contribution in [1.82, 2.24) is 9.80 Å². The molecule has 0 bridgehead atoms. The quantitative estimate of drug-likeness (QED) is 0.799. The predicted molar refractivity (Wildman–Crippen MR) is 96.7 cm³/mol. The standard InChI is InChI=1S/C21H20N2O3/c1-22(18-11-10-14-6-2-3-7-15(14)18)19(24)12-13-23-20(25)16-8-4-5-9-17(16)21(23)26/h2-9,18H,10-13H2,1H3/t18-/m1/s1. The molecular weight excluding hydrogens is 328 g/mol. The first-order valence-electron chi connectivity index (χ1n) is 8.86. The monoisotopic (exact) mass is 348 g/mol. The first kappa shape index (κ1) is 16.5. The lowest BCUT2D eigenvalue weighted by molar-refractivity contribution is -0.132. The van der Waals surface area contributed by atoms with Crippen molar-refractivity contribution in [2.75, 3.05) is 13.6 Å². The third-order valence-electron chi connectivity index (χ3n) is 5.39. The fraction of sp³-hybridized carbons (Fsp3) is 0.286. The Hall–Kier alpha value is -2.95. The molecule has 0 saturated heterocycles. The highest BCUT2D eigenvalue weighted by Crippen LogP contribution is 2.35. The first-order valence-corrected chi connectivity index (χ1v) is 8.86. The zero-order valence-electron chi connectivity index (χ0n) is 14.6. The van der Waals surface area contributed by atoms with Gasteiger partial charge in [0.25, 0.3) is 11.8 Å². The van der Waals surface area contributed by atoms with Crippen molar-refractivity contribution in [2.24, 2.45) is 0 Å². The van der Waals surface area contributed by atoms with E-state index in [-0.39, 0.29) is 36.7 Å². The Labute approximate surface area is 152 Å². The Kier molecular flexibility index (Phi) is 4.07. The molecule has 0 N–H and O–H groups in total. The summed E-state index contributed by atoms with van der Waals surface area (Å²) in [7, 11) is 1.80. The van der Waals surface area contributed by atoms with Gasteiger partial charge in [-0.3, -0.25) is 19.3 Å². The average molecular weight is 348 g/mol. The SMILES string of the molecule is CN(C(=O)CCN1C(=O)c2ccccc2C1=O)[C@@H]1CCc2ccccc21. The van der Waals surface area contributed by atoms with Gasteiger partial charge >= 0.3 is 0 Å². The largest absolute Gasteiger partial charge is 0.339 e. The van der Waals surface area contributed by atoms with E-state index in [1.807, 2.05) is 12.1 Å². The topological polar surface area (TPSA) is 57.7 Å². The predicted octanol–water partition coefficient (Wildman–Crippen LogP) is 2.82. The molecule has 1 aliphatic heterocycles. The average Bonchev–Trinajstić information content (AvgIpc) is 3.20. The minimum Gasteiger partial charge on any atom is -0.339 e. The molecule has 5 heteroatoms. The van der Waals surface area contributed by atoms with Crippen molar-refractivity contribution in [3.8, 4) is 0 Å². The van der Waals surface area contributed by atoms with E-state index in [0.29, 0.717) is 11.1 Å². The molecule has 2 aromatic carbocycles. The zero-order valence-corrected chi connectivity index (χ0v) is 14.6. The van der Waals surface area contributed by atoms with E-state index in [1.165, 1.54) is 16.0 Å². The van der Waals surface area contributed by atoms with Crippen molar-refractivity contribution in [2.45, 2.75) is 25.3 Å². The summed E-state index contributed by atoms with van der Waals surface area (Å²) in [4.78, 5) is 40.4. The van der Waals surface area contributed by atoms with E-state index in [4.69, 9.17) is 0 Å². The van der Waals surface area contributed by atoms with Crippen molar-refractivity contribution in [3.63, 3.8) is 0 Å². The van der Waals surface area contributed by atoms with E-state index >= 15 is 0 Å². The van der Waals surface area contributed by atoms with Gasteiger partial charge in [-0.1, -0.05) is 36.4 Å². The van der Waals surface area contributed by atoms with Gasteiger partial charge in [0.15, 0.2) is 0 Å². The van der Waals surface area contributed by atoms with E-state index in [9.17, 15) is 14.4 Å². The van der Waals surface area contributed by atoms with Crippen LogP contribution in [0.4, 0.5) is 0 Å². The van der Waals surface area contributed by atoms with Crippen molar-refractivity contribution in [1.29, 1.82) is 0 Å². The van der Waals surface area contributed by atoms with Crippen molar-refractivity contribution >= 4 is 17.7 Å². The molecule has 2 aliphatic rings. The molecule has 2 aromatic rings. The molecule has 5 nitrogen and oxygen atoms in total. The van der Waals surface area contributed by atoms with Gasteiger partial charge < -0.3 is 4.90 Å². The number of benzene rings is 2. The van der Waals surface area contributed by atoms with Crippen LogP contribution in [0.1, 0.15) is 50.7 Å². The number of aryl methyl sites for hydroxylation is 1. The van der Waals surface area contributed by atoms with Crippen LogP contribution in [0.25, 0.3) is 0 Å². The van der Waals surface area contributed by atoms with Crippen LogP contribution in [0.3, 0.4) is 0 Å². The van der Waals surface area contributed by atoms with Crippen molar-refractivity contribution < 1.29 is 14.4 Å². The van der Waals surface area contributed by atoms with Gasteiger partial charge in [-0.05, 0) is 36.1 Å². The number of imide groups is 1. The number of nitrogens with zero attached hydrogens (tertiary/aromatic N) is 2. The number of carbonyl (C=O) groups is 3. The number of carbonyl (C=O) groups excluding carboxylic acids is 3. The molecule has 0 spiro atoms. The number of amides is 3. The third-order valence-corrected chi connectivity index (χ3v) is 5.39. The number of fused-ring (bicyclic) bond motifs is 2. The maximum atomic E-state index is 12.7. The highest BCUT2D eigenvalue weighted by molar-refractivity contribution is 6.21. The Balaban J connectivity index is 1.42. The van der Waals surface area contributed by atoms with E-state index in [0.717, 1.165) is 12.8 Å². The van der Waals surface area contributed by atoms with Crippen LogP contribution in [0.15, 0.2) is 48.5 Å².